The van der Waals surface area contributed by atoms with E-state index in [0.29, 0.717) is 47.7 Å². The fourth-order valence-electron chi connectivity index (χ4n) is 3.79. The standard InChI is InChI=1S/C25H31N3O3/c1-5-8-17-27(23(29)6-2)18(4)24-26-20-14-10-9-13-19(20)25(30)28(24)21-15-11-12-16-22(21)31-7-3/h9-16,18H,5-8,17H2,1-4H3. The number of amides is 1. The molecule has 2 aromatic carbocycles. The first kappa shape index (κ1) is 22.5. The summed E-state index contributed by atoms with van der Waals surface area (Å²) in [6.07, 6.45) is 2.27. The van der Waals surface area contributed by atoms with Crippen LogP contribution in [0.2, 0.25) is 0 Å². The van der Waals surface area contributed by atoms with Gasteiger partial charge in [-0.1, -0.05) is 44.5 Å². The van der Waals surface area contributed by atoms with Crippen LogP contribution in [0.25, 0.3) is 16.6 Å². The predicted octanol–water partition coefficient (Wildman–Crippen LogP) is 4.88. The van der Waals surface area contributed by atoms with E-state index in [1.54, 1.807) is 10.6 Å². The molecular formula is C25H31N3O3. The van der Waals surface area contributed by atoms with Crippen molar-refractivity contribution in [1.82, 2.24) is 14.5 Å². The molecule has 1 heterocycles. The Hall–Kier alpha value is -3.15. The van der Waals surface area contributed by atoms with Crippen molar-refractivity contribution in [3.63, 3.8) is 0 Å². The largest absolute Gasteiger partial charge is 0.492 e. The molecule has 0 saturated heterocycles. The van der Waals surface area contributed by atoms with Crippen LogP contribution < -0.4 is 10.3 Å². The molecule has 31 heavy (non-hydrogen) atoms. The maximum Gasteiger partial charge on any atom is 0.266 e. The van der Waals surface area contributed by atoms with E-state index in [1.807, 2.05) is 68.1 Å². The normalized spacial score (nSPS) is 12.0. The molecule has 3 rings (SSSR count). The van der Waals surface area contributed by atoms with Gasteiger partial charge in [-0.05, 0) is 44.5 Å². The fraction of sp³-hybridized carbons (Fsp3) is 0.400. The Morgan fingerprint density at radius 3 is 2.52 bits per heavy atom. The highest BCUT2D eigenvalue weighted by atomic mass is 16.5. The van der Waals surface area contributed by atoms with E-state index < -0.39 is 0 Å². The second-order valence-electron chi connectivity index (χ2n) is 7.50. The summed E-state index contributed by atoms with van der Waals surface area (Å²) in [6.45, 7) is 8.92. The van der Waals surface area contributed by atoms with Crippen LogP contribution in [0.4, 0.5) is 0 Å². The molecular weight excluding hydrogens is 390 g/mol. The van der Waals surface area contributed by atoms with E-state index in [0.717, 1.165) is 12.8 Å². The van der Waals surface area contributed by atoms with E-state index in [2.05, 4.69) is 6.92 Å². The van der Waals surface area contributed by atoms with Crippen molar-refractivity contribution in [2.75, 3.05) is 13.2 Å². The lowest BCUT2D eigenvalue weighted by atomic mass is 10.1. The Kier molecular flexibility index (Phi) is 7.45. The highest BCUT2D eigenvalue weighted by molar-refractivity contribution is 5.79. The molecule has 1 atom stereocenters. The van der Waals surface area contributed by atoms with Gasteiger partial charge in [-0.25, -0.2) is 4.98 Å². The lowest BCUT2D eigenvalue weighted by molar-refractivity contribution is -0.133. The Labute approximate surface area is 183 Å². The third kappa shape index (κ3) is 4.63. The van der Waals surface area contributed by atoms with Gasteiger partial charge in [0.1, 0.15) is 11.6 Å². The molecule has 0 spiro atoms. The van der Waals surface area contributed by atoms with Crippen molar-refractivity contribution in [2.45, 2.75) is 53.0 Å². The minimum Gasteiger partial charge on any atom is -0.492 e. The summed E-state index contributed by atoms with van der Waals surface area (Å²) in [6, 6.07) is 14.4. The van der Waals surface area contributed by atoms with Crippen LogP contribution in [0.1, 0.15) is 58.8 Å². The summed E-state index contributed by atoms with van der Waals surface area (Å²) in [5, 5.41) is 0.534. The maximum atomic E-state index is 13.7. The van der Waals surface area contributed by atoms with Crippen molar-refractivity contribution in [3.05, 3.63) is 64.7 Å². The molecule has 164 valence electrons. The Balaban J connectivity index is 2.29. The molecule has 0 fully saturated rings. The SMILES string of the molecule is CCCCN(C(=O)CC)C(C)c1nc2ccccc2c(=O)n1-c1ccccc1OCC. The number of fused-ring (bicyclic) bond motifs is 1. The summed E-state index contributed by atoms with van der Waals surface area (Å²) < 4.78 is 7.43. The van der Waals surface area contributed by atoms with Crippen LogP contribution in [-0.4, -0.2) is 33.5 Å². The Morgan fingerprint density at radius 1 is 1.10 bits per heavy atom. The highest BCUT2D eigenvalue weighted by Gasteiger charge is 2.26. The molecule has 0 N–H and O–H groups in total. The van der Waals surface area contributed by atoms with Crippen molar-refractivity contribution < 1.29 is 9.53 Å². The van der Waals surface area contributed by atoms with Gasteiger partial charge in [-0.2, -0.15) is 0 Å². The minimum absolute atomic E-state index is 0.0491. The van der Waals surface area contributed by atoms with Gasteiger partial charge in [0.2, 0.25) is 5.91 Å². The number of ether oxygens (including phenoxy) is 1. The minimum atomic E-state index is -0.369. The molecule has 1 amide bonds. The summed E-state index contributed by atoms with van der Waals surface area (Å²) in [4.78, 5) is 33.1. The van der Waals surface area contributed by atoms with Gasteiger partial charge in [0.25, 0.3) is 5.56 Å². The zero-order valence-corrected chi connectivity index (χ0v) is 18.8. The molecule has 0 aliphatic heterocycles. The quantitative estimate of drug-likeness (QED) is 0.494. The highest BCUT2D eigenvalue weighted by Crippen LogP contribution is 2.28. The van der Waals surface area contributed by atoms with Gasteiger partial charge in [0.05, 0.1) is 29.2 Å². The van der Waals surface area contributed by atoms with Crippen molar-refractivity contribution in [2.24, 2.45) is 0 Å². The number of rotatable bonds is 9. The van der Waals surface area contributed by atoms with Gasteiger partial charge >= 0.3 is 0 Å². The predicted molar refractivity (Wildman–Crippen MR) is 124 cm³/mol. The number of aromatic nitrogens is 2. The van der Waals surface area contributed by atoms with Gasteiger partial charge in [-0.3, -0.25) is 14.2 Å². The van der Waals surface area contributed by atoms with E-state index in [4.69, 9.17) is 9.72 Å². The summed E-state index contributed by atoms with van der Waals surface area (Å²) in [5.74, 6) is 1.20. The lowest BCUT2D eigenvalue weighted by Gasteiger charge is -2.30. The molecule has 1 unspecified atom stereocenters. The topological polar surface area (TPSA) is 64.4 Å². The first-order chi connectivity index (χ1) is 15.0. The zero-order valence-electron chi connectivity index (χ0n) is 18.8. The van der Waals surface area contributed by atoms with E-state index >= 15 is 0 Å². The average molecular weight is 422 g/mol. The van der Waals surface area contributed by atoms with E-state index in [-0.39, 0.29) is 17.5 Å². The smallest absolute Gasteiger partial charge is 0.266 e. The van der Waals surface area contributed by atoms with Crippen LogP contribution in [0.3, 0.4) is 0 Å². The molecule has 6 nitrogen and oxygen atoms in total. The molecule has 6 heteroatoms. The summed E-state index contributed by atoms with van der Waals surface area (Å²) in [7, 11) is 0. The Morgan fingerprint density at radius 2 is 1.81 bits per heavy atom. The van der Waals surface area contributed by atoms with Crippen LogP contribution in [0.5, 0.6) is 5.75 Å². The number of nitrogens with zero attached hydrogens (tertiary/aromatic N) is 3. The number of carbonyl (C=O) groups is 1. The van der Waals surface area contributed by atoms with Gasteiger partial charge < -0.3 is 9.64 Å². The van der Waals surface area contributed by atoms with Crippen LogP contribution in [0, 0.1) is 0 Å². The van der Waals surface area contributed by atoms with Gasteiger partial charge in [-0.15, -0.1) is 0 Å². The number of unbranched alkanes of at least 4 members (excludes halogenated alkanes) is 1. The summed E-state index contributed by atoms with van der Waals surface area (Å²) >= 11 is 0. The van der Waals surface area contributed by atoms with Crippen LogP contribution in [-0.2, 0) is 4.79 Å². The Bertz CT molecular complexity index is 1110. The van der Waals surface area contributed by atoms with Crippen LogP contribution in [0.15, 0.2) is 53.3 Å². The second-order valence-corrected chi connectivity index (χ2v) is 7.50. The van der Waals surface area contributed by atoms with Crippen LogP contribution >= 0.6 is 0 Å². The van der Waals surface area contributed by atoms with Gasteiger partial charge in [0.15, 0.2) is 0 Å². The third-order valence-electron chi connectivity index (χ3n) is 5.42. The molecule has 0 aliphatic carbocycles. The van der Waals surface area contributed by atoms with Crippen molar-refractivity contribution in [1.29, 1.82) is 0 Å². The molecule has 3 aromatic rings. The zero-order chi connectivity index (χ0) is 22.4. The molecule has 1 aromatic heterocycles. The molecule has 0 radical (unpaired) electrons. The average Bonchev–Trinajstić information content (AvgIpc) is 2.79. The molecule has 0 bridgehead atoms. The second kappa shape index (κ2) is 10.2. The van der Waals surface area contributed by atoms with E-state index in [9.17, 15) is 9.59 Å². The number of hydrogen-bond donors (Lipinski definition) is 0. The number of hydrogen-bond acceptors (Lipinski definition) is 4. The van der Waals surface area contributed by atoms with Crippen molar-refractivity contribution >= 4 is 16.8 Å². The summed E-state index contributed by atoms with van der Waals surface area (Å²) in [5.41, 5.74) is 1.09. The number of carbonyl (C=O) groups excluding carboxylic acids is 1. The first-order valence-electron chi connectivity index (χ1n) is 11.1. The fourth-order valence-corrected chi connectivity index (χ4v) is 3.79. The number of para-hydroxylation sites is 3. The van der Waals surface area contributed by atoms with Gasteiger partial charge in [0, 0.05) is 13.0 Å². The molecule has 0 aliphatic rings. The number of benzene rings is 2. The molecule has 0 saturated carbocycles. The van der Waals surface area contributed by atoms with E-state index in [1.165, 1.54) is 0 Å². The maximum absolute atomic E-state index is 13.7. The first-order valence-corrected chi connectivity index (χ1v) is 11.1. The van der Waals surface area contributed by atoms with Crippen molar-refractivity contribution in [3.8, 4) is 11.4 Å². The lowest BCUT2D eigenvalue weighted by Crippen LogP contribution is -2.37. The third-order valence-corrected chi connectivity index (χ3v) is 5.42. The monoisotopic (exact) mass is 421 g/mol.